The van der Waals surface area contributed by atoms with Crippen LogP contribution < -0.4 is 0 Å². The Balaban J connectivity index is 2.20. The van der Waals surface area contributed by atoms with E-state index in [2.05, 4.69) is 30.6 Å². The summed E-state index contributed by atoms with van der Waals surface area (Å²) in [7, 11) is 0. The highest BCUT2D eigenvalue weighted by atomic mass is 16.3. The first-order valence-corrected chi connectivity index (χ1v) is 5.07. The molecule has 2 heteroatoms. The first-order valence-electron chi connectivity index (χ1n) is 5.07. The minimum absolute atomic E-state index is 0.0747. The molecule has 0 bridgehead atoms. The molecule has 1 aliphatic heterocycles. The van der Waals surface area contributed by atoms with Gasteiger partial charge in [-0.25, -0.2) is 0 Å². The summed E-state index contributed by atoms with van der Waals surface area (Å²) in [4.78, 5) is 2.31. The van der Waals surface area contributed by atoms with Crippen LogP contribution in [0, 0.1) is 17.8 Å². The summed E-state index contributed by atoms with van der Waals surface area (Å²) in [6.07, 6.45) is 1.74. The average Bonchev–Trinajstić information content (AvgIpc) is 2.08. The van der Waals surface area contributed by atoms with Crippen molar-refractivity contribution in [2.24, 2.45) is 5.92 Å². The molecular formula is C11H19NO. The largest absolute Gasteiger partial charge is 0.393 e. The Morgan fingerprint density at radius 2 is 2.00 bits per heavy atom. The second-order valence-electron chi connectivity index (χ2n) is 3.98. The molecule has 0 aromatic rings. The third-order valence-electron chi connectivity index (χ3n) is 2.25. The average molecular weight is 181 g/mol. The highest BCUT2D eigenvalue weighted by Crippen LogP contribution is 2.08. The highest BCUT2D eigenvalue weighted by Gasteiger charge is 2.15. The lowest BCUT2D eigenvalue weighted by Gasteiger charge is -2.27. The SMILES string of the molecule is CC(C)C#CCN1CCC(O)CC1. The molecule has 1 aliphatic rings. The summed E-state index contributed by atoms with van der Waals surface area (Å²) in [5, 5.41) is 9.28. The number of nitrogens with zero attached hydrogens (tertiary/aromatic N) is 1. The van der Waals surface area contributed by atoms with Crippen molar-refractivity contribution in [2.75, 3.05) is 19.6 Å². The molecular weight excluding hydrogens is 162 g/mol. The van der Waals surface area contributed by atoms with Crippen LogP contribution in [-0.4, -0.2) is 35.7 Å². The smallest absolute Gasteiger partial charge is 0.0601 e. The Kier molecular flexibility index (Phi) is 4.27. The summed E-state index contributed by atoms with van der Waals surface area (Å²) < 4.78 is 0. The van der Waals surface area contributed by atoms with Gasteiger partial charge in [-0.1, -0.05) is 25.7 Å². The maximum absolute atomic E-state index is 9.28. The maximum Gasteiger partial charge on any atom is 0.0601 e. The summed E-state index contributed by atoms with van der Waals surface area (Å²) in [5.74, 6) is 6.78. The van der Waals surface area contributed by atoms with E-state index in [1.54, 1.807) is 0 Å². The van der Waals surface area contributed by atoms with Gasteiger partial charge in [0.15, 0.2) is 0 Å². The van der Waals surface area contributed by atoms with Gasteiger partial charge in [0, 0.05) is 19.0 Å². The van der Waals surface area contributed by atoms with Crippen molar-refractivity contribution in [3.63, 3.8) is 0 Å². The van der Waals surface area contributed by atoms with Gasteiger partial charge in [-0.15, -0.1) is 0 Å². The minimum Gasteiger partial charge on any atom is -0.393 e. The molecule has 13 heavy (non-hydrogen) atoms. The van der Waals surface area contributed by atoms with E-state index in [4.69, 9.17) is 0 Å². The van der Waals surface area contributed by atoms with E-state index >= 15 is 0 Å². The standard InChI is InChI=1S/C11H19NO/c1-10(2)4-3-7-12-8-5-11(13)6-9-12/h10-11,13H,5-9H2,1-2H3. The van der Waals surface area contributed by atoms with Crippen molar-refractivity contribution in [3.05, 3.63) is 0 Å². The van der Waals surface area contributed by atoms with E-state index in [-0.39, 0.29) is 6.10 Å². The monoisotopic (exact) mass is 181 g/mol. The molecule has 0 aromatic heterocycles. The van der Waals surface area contributed by atoms with E-state index in [0.717, 1.165) is 32.5 Å². The molecule has 0 unspecified atom stereocenters. The molecule has 1 rings (SSSR count). The summed E-state index contributed by atoms with van der Waals surface area (Å²) in [5.41, 5.74) is 0. The molecule has 1 N–H and O–H groups in total. The van der Waals surface area contributed by atoms with Crippen molar-refractivity contribution in [2.45, 2.75) is 32.8 Å². The van der Waals surface area contributed by atoms with Gasteiger partial charge in [0.05, 0.1) is 12.6 Å². The number of hydrogen-bond acceptors (Lipinski definition) is 2. The molecule has 1 saturated heterocycles. The molecule has 1 fully saturated rings. The van der Waals surface area contributed by atoms with Gasteiger partial charge >= 0.3 is 0 Å². The van der Waals surface area contributed by atoms with Gasteiger partial charge in [-0.3, -0.25) is 4.90 Å². The Labute approximate surface area is 80.9 Å². The summed E-state index contributed by atoms with van der Waals surface area (Å²) in [6.45, 7) is 7.06. The number of hydrogen-bond donors (Lipinski definition) is 1. The Morgan fingerprint density at radius 1 is 1.38 bits per heavy atom. The van der Waals surface area contributed by atoms with Crippen molar-refractivity contribution < 1.29 is 5.11 Å². The highest BCUT2D eigenvalue weighted by molar-refractivity contribution is 5.03. The van der Waals surface area contributed by atoms with Gasteiger partial charge in [-0.05, 0) is 12.8 Å². The van der Waals surface area contributed by atoms with Crippen LogP contribution in [0.1, 0.15) is 26.7 Å². The first-order chi connectivity index (χ1) is 6.18. The number of likely N-dealkylation sites (tertiary alicyclic amines) is 1. The zero-order valence-electron chi connectivity index (χ0n) is 8.58. The molecule has 0 saturated carbocycles. The predicted molar refractivity (Wildman–Crippen MR) is 54.3 cm³/mol. The molecule has 1 heterocycles. The molecule has 0 aliphatic carbocycles. The van der Waals surface area contributed by atoms with Crippen LogP contribution in [0.3, 0.4) is 0 Å². The lowest BCUT2D eigenvalue weighted by molar-refractivity contribution is 0.0889. The van der Waals surface area contributed by atoms with Crippen LogP contribution in [0.2, 0.25) is 0 Å². The van der Waals surface area contributed by atoms with Gasteiger partial charge in [0.2, 0.25) is 0 Å². The van der Waals surface area contributed by atoms with Gasteiger partial charge < -0.3 is 5.11 Å². The van der Waals surface area contributed by atoms with Crippen LogP contribution >= 0.6 is 0 Å². The second kappa shape index (κ2) is 5.26. The lowest BCUT2D eigenvalue weighted by atomic mass is 10.1. The van der Waals surface area contributed by atoms with E-state index in [9.17, 15) is 5.11 Å². The molecule has 74 valence electrons. The molecule has 0 aromatic carbocycles. The van der Waals surface area contributed by atoms with E-state index < -0.39 is 0 Å². The van der Waals surface area contributed by atoms with Crippen LogP contribution in [0.5, 0.6) is 0 Å². The Bertz CT molecular complexity index is 194. The van der Waals surface area contributed by atoms with Crippen LogP contribution in [0.25, 0.3) is 0 Å². The fraction of sp³-hybridized carbons (Fsp3) is 0.818. The maximum atomic E-state index is 9.28. The summed E-state index contributed by atoms with van der Waals surface area (Å²) >= 11 is 0. The van der Waals surface area contributed by atoms with Crippen molar-refractivity contribution in [3.8, 4) is 11.8 Å². The molecule has 0 amide bonds. The summed E-state index contributed by atoms with van der Waals surface area (Å²) in [6, 6.07) is 0. The fourth-order valence-electron chi connectivity index (χ4n) is 1.44. The third-order valence-corrected chi connectivity index (χ3v) is 2.25. The van der Waals surface area contributed by atoms with E-state index in [1.807, 2.05) is 0 Å². The number of aliphatic hydroxyl groups excluding tert-OH is 1. The fourth-order valence-corrected chi connectivity index (χ4v) is 1.44. The van der Waals surface area contributed by atoms with Crippen molar-refractivity contribution >= 4 is 0 Å². The van der Waals surface area contributed by atoms with Crippen molar-refractivity contribution in [1.82, 2.24) is 4.90 Å². The third kappa shape index (κ3) is 4.31. The zero-order valence-corrected chi connectivity index (χ0v) is 8.58. The topological polar surface area (TPSA) is 23.5 Å². The predicted octanol–water partition coefficient (Wildman–Crippen LogP) is 1.10. The number of aliphatic hydroxyl groups is 1. The number of piperidine rings is 1. The van der Waals surface area contributed by atoms with E-state index in [0.29, 0.717) is 5.92 Å². The number of rotatable bonds is 1. The Hall–Kier alpha value is -0.520. The van der Waals surface area contributed by atoms with Crippen LogP contribution in [0.15, 0.2) is 0 Å². The molecule has 0 radical (unpaired) electrons. The molecule has 0 atom stereocenters. The molecule has 0 spiro atoms. The Morgan fingerprint density at radius 3 is 2.54 bits per heavy atom. The quantitative estimate of drug-likeness (QED) is 0.612. The second-order valence-corrected chi connectivity index (χ2v) is 3.98. The van der Waals surface area contributed by atoms with E-state index in [1.165, 1.54) is 0 Å². The van der Waals surface area contributed by atoms with Crippen LogP contribution in [-0.2, 0) is 0 Å². The van der Waals surface area contributed by atoms with Gasteiger partial charge in [0.25, 0.3) is 0 Å². The normalized spacial score (nSPS) is 20.0. The minimum atomic E-state index is -0.0747. The first kappa shape index (κ1) is 10.6. The zero-order chi connectivity index (χ0) is 9.68. The van der Waals surface area contributed by atoms with Crippen molar-refractivity contribution in [1.29, 1.82) is 0 Å². The van der Waals surface area contributed by atoms with Crippen LogP contribution in [0.4, 0.5) is 0 Å². The molecule has 2 nitrogen and oxygen atoms in total. The van der Waals surface area contributed by atoms with Gasteiger partial charge in [-0.2, -0.15) is 0 Å². The van der Waals surface area contributed by atoms with Gasteiger partial charge in [0.1, 0.15) is 0 Å². The lowest BCUT2D eigenvalue weighted by Crippen LogP contribution is -2.35.